The molecule has 0 radical (unpaired) electrons. The molecule has 0 heterocycles. The molecule has 0 spiro atoms. The van der Waals surface area contributed by atoms with Gasteiger partial charge in [-0.15, -0.1) is 0 Å². The summed E-state index contributed by atoms with van der Waals surface area (Å²) in [7, 11) is 1.53. The van der Waals surface area contributed by atoms with Crippen LogP contribution in [0, 0.1) is 0 Å². The summed E-state index contributed by atoms with van der Waals surface area (Å²) < 4.78 is 10.1. The van der Waals surface area contributed by atoms with Crippen molar-refractivity contribution >= 4 is 17.7 Å². The first-order valence-electron chi connectivity index (χ1n) is 7.72. The van der Waals surface area contributed by atoms with Gasteiger partial charge >= 0.3 is 5.97 Å². The van der Waals surface area contributed by atoms with Crippen LogP contribution >= 0.6 is 0 Å². The summed E-state index contributed by atoms with van der Waals surface area (Å²) in [5.74, 6) is -0.763. The molecule has 130 valence electrons. The second kappa shape index (κ2) is 8.63. The molecule has 0 bridgehead atoms. The number of hydrogen-bond acceptors (Lipinski definition) is 5. The Morgan fingerprint density at radius 1 is 0.960 bits per heavy atom. The van der Waals surface area contributed by atoms with Gasteiger partial charge in [0.15, 0.2) is 6.10 Å². The Labute approximate surface area is 145 Å². The molecule has 25 heavy (non-hydrogen) atoms. The number of carbonyl (C=O) groups is 3. The zero-order valence-electron chi connectivity index (χ0n) is 14.0. The molecule has 1 N–H and O–H groups in total. The van der Waals surface area contributed by atoms with E-state index in [1.54, 1.807) is 54.6 Å². The van der Waals surface area contributed by atoms with Gasteiger partial charge in [0.25, 0.3) is 5.91 Å². The van der Waals surface area contributed by atoms with Gasteiger partial charge in [-0.05, 0) is 43.3 Å². The van der Waals surface area contributed by atoms with Crippen LogP contribution in [0.4, 0.5) is 0 Å². The van der Waals surface area contributed by atoms with Crippen molar-refractivity contribution in [2.45, 2.75) is 13.0 Å². The van der Waals surface area contributed by atoms with Crippen LogP contribution in [0.15, 0.2) is 54.6 Å². The number of nitrogens with one attached hydrogen (secondary N) is 1. The molecule has 2 rings (SSSR count). The van der Waals surface area contributed by atoms with Crippen molar-refractivity contribution in [2.75, 3.05) is 13.7 Å². The van der Waals surface area contributed by atoms with Crippen molar-refractivity contribution in [3.63, 3.8) is 0 Å². The maximum Gasteiger partial charge on any atom is 0.326 e. The van der Waals surface area contributed by atoms with Crippen LogP contribution in [0.3, 0.4) is 0 Å². The Hall–Kier alpha value is -3.15. The predicted octanol–water partition coefficient (Wildman–Crippen LogP) is 2.24. The van der Waals surface area contributed by atoms with E-state index in [0.29, 0.717) is 16.9 Å². The lowest BCUT2D eigenvalue weighted by molar-refractivity contribution is -0.145. The third-order valence-corrected chi connectivity index (χ3v) is 3.48. The van der Waals surface area contributed by atoms with Crippen molar-refractivity contribution in [2.24, 2.45) is 0 Å². The first kappa shape index (κ1) is 18.2. The summed E-state index contributed by atoms with van der Waals surface area (Å²) in [6, 6.07) is 15.0. The fourth-order valence-electron chi connectivity index (χ4n) is 2.13. The number of carbonyl (C=O) groups excluding carboxylic acids is 3. The molecule has 2 aromatic carbocycles. The molecular formula is C19H19NO5. The molecule has 1 amide bonds. The smallest absolute Gasteiger partial charge is 0.326 e. The molecular weight excluding hydrogens is 322 g/mol. The van der Waals surface area contributed by atoms with Crippen molar-refractivity contribution in [1.82, 2.24) is 5.32 Å². The summed E-state index contributed by atoms with van der Waals surface area (Å²) in [6.07, 6.45) is -0.950. The molecule has 6 nitrogen and oxygen atoms in total. The van der Waals surface area contributed by atoms with Crippen LogP contribution in [0.25, 0.3) is 0 Å². The quantitative estimate of drug-likeness (QED) is 0.617. The van der Waals surface area contributed by atoms with E-state index in [1.807, 2.05) is 0 Å². The maximum atomic E-state index is 12.2. The minimum Gasteiger partial charge on any atom is -0.497 e. The van der Waals surface area contributed by atoms with Gasteiger partial charge < -0.3 is 14.8 Å². The fourth-order valence-corrected chi connectivity index (χ4v) is 2.13. The number of rotatable bonds is 7. The van der Waals surface area contributed by atoms with E-state index >= 15 is 0 Å². The molecule has 0 fully saturated rings. The topological polar surface area (TPSA) is 81.7 Å². The average molecular weight is 341 g/mol. The molecule has 1 atom stereocenters. The molecule has 0 aromatic heterocycles. The highest BCUT2D eigenvalue weighted by Crippen LogP contribution is 2.13. The van der Waals surface area contributed by atoms with Crippen molar-refractivity contribution < 1.29 is 23.9 Å². The van der Waals surface area contributed by atoms with Gasteiger partial charge in [-0.25, -0.2) is 0 Å². The fraction of sp³-hybridized carbons (Fsp3) is 0.211. The molecule has 6 heteroatoms. The molecule has 0 aliphatic heterocycles. The van der Waals surface area contributed by atoms with Crippen LogP contribution in [-0.4, -0.2) is 37.4 Å². The third kappa shape index (κ3) is 5.17. The Kier molecular flexibility index (Phi) is 6.28. The number of methoxy groups -OCH3 is 1. The Morgan fingerprint density at radius 2 is 1.60 bits per heavy atom. The van der Waals surface area contributed by atoms with E-state index in [9.17, 15) is 14.4 Å². The molecule has 0 saturated heterocycles. The number of ketones is 1. The third-order valence-electron chi connectivity index (χ3n) is 3.48. The van der Waals surface area contributed by atoms with Gasteiger partial charge in [0, 0.05) is 11.1 Å². The number of amides is 1. The predicted molar refractivity (Wildman–Crippen MR) is 91.7 cm³/mol. The van der Waals surface area contributed by atoms with E-state index in [0.717, 1.165) is 0 Å². The van der Waals surface area contributed by atoms with Gasteiger partial charge in [0.05, 0.1) is 7.11 Å². The standard InChI is InChI=1S/C19H19NO5/c1-13(18(22)14-8-10-16(24-2)11-9-14)25-17(21)12-20-19(23)15-6-4-3-5-7-15/h3-11,13H,12H2,1-2H3,(H,20,23)/t13-/m0/s1. The summed E-state index contributed by atoms with van der Waals surface area (Å²) in [5.41, 5.74) is 0.854. The summed E-state index contributed by atoms with van der Waals surface area (Å²) in [5, 5.41) is 2.46. The van der Waals surface area contributed by atoms with E-state index in [2.05, 4.69) is 5.32 Å². The normalized spacial score (nSPS) is 11.3. The number of benzene rings is 2. The molecule has 0 unspecified atom stereocenters. The number of Topliss-reactive ketones (excluding diaryl/α,β-unsaturated/α-hetero) is 1. The molecule has 0 saturated carbocycles. The number of esters is 1. The van der Waals surface area contributed by atoms with Gasteiger partial charge in [-0.2, -0.15) is 0 Å². The Morgan fingerprint density at radius 3 is 2.20 bits per heavy atom. The van der Waals surface area contributed by atoms with Gasteiger partial charge in [-0.3, -0.25) is 14.4 Å². The Bertz CT molecular complexity index is 740. The summed E-state index contributed by atoms with van der Waals surface area (Å²) >= 11 is 0. The first-order valence-corrected chi connectivity index (χ1v) is 7.72. The van der Waals surface area contributed by atoms with Crippen molar-refractivity contribution in [1.29, 1.82) is 0 Å². The monoisotopic (exact) mass is 341 g/mol. The zero-order valence-corrected chi connectivity index (χ0v) is 14.0. The second-order valence-electron chi connectivity index (χ2n) is 5.27. The highest BCUT2D eigenvalue weighted by molar-refractivity contribution is 6.00. The minimum atomic E-state index is -0.950. The van der Waals surface area contributed by atoms with Crippen LogP contribution in [0.2, 0.25) is 0 Å². The second-order valence-corrected chi connectivity index (χ2v) is 5.27. The maximum absolute atomic E-state index is 12.2. The number of hydrogen-bond donors (Lipinski definition) is 1. The first-order chi connectivity index (χ1) is 12.0. The van der Waals surface area contributed by atoms with E-state index in [1.165, 1.54) is 14.0 Å². The van der Waals surface area contributed by atoms with Gasteiger partial charge in [-0.1, -0.05) is 18.2 Å². The highest BCUT2D eigenvalue weighted by atomic mass is 16.5. The van der Waals surface area contributed by atoms with E-state index in [4.69, 9.17) is 9.47 Å². The van der Waals surface area contributed by atoms with Gasteiger partial charge in [0.1, 0.15) is 12.3 Å². The molecule has 2 aromatic rings. The highest BCUT2D eigenvalue weighted by Gasteiger charge is 2.20. The van der Waals surface area contributed by atoms with Crippen LogP contribution in [0.5, 0.6) is 5.75 Å². The van der Waals surface area contributed by atoms with Crippen LogP contribution in [0.1, 0.15) is 27.6 Å². The van der Waals surface area contributed by atoms with Crippen molar-refractivity contribution in [3.05, 3.63) is 65.7 Å². The van der Waals surface area contributed by atoms with Crippen LogP contribution < -0.4 is 10.1 Å². The lowest BCUT2D eigenvalue weighted by atomic mass is 10.1. The molecule has 0 aliphatic carbocycles. The van der Waals surface area contributed by atoms with Crippen LogP contribution in [-0.2, 0) is 9.53 Å². The van der Waals surface area contributed by atoms with Crippen molar-refractivity contribution in [3.8, 4) is 5.75 Å². The van der Waals surface area contributed by atoms with E-state index < -0.39 is 12.1 Å². The summed E-state index contributed by atoms with van der Waals surface area (Å²) in [6.45, 7) is 1.18. The molecule has 0 aliphatic rings. The average Bonchev–Trinajstić information content (AvgIpc) is 2.66. The lowest BCUT2D eigenvalue weighted by Gasteiger charge is -2.13. The largest absolute Gasteiger partial charge is 0.497 e. The van der Waals surface area contributed by atoms with E-state index in [-0.39, 0.29) is 18.2 Å². The lowest BCUT2D eigenvalue weighted by Crippen LogP contribution is -2.34. The SMILES string of the molecule is COc1ccc(C(=O)[C@H](C)OC(=O)CNC(=O)c2ccccc2)cc1. The Balaban J connectivity index is 1.84. The summed E-state index contributed by atoms with van der Waals surface area (Å²) in [4.78, 5) is 35.9. The minimum absolute atomic E-state index is 0.312. The zero-order chi connectivity index (χ0) is 18.2. The number of ether oxygens (including phenoxy) is 2. The van der Waals surface area contributed by atoms with Gasteiger partial charge in [0.2, 0.25) is 5.78 Å².